The summed E-state index contributed by atoms with van der Waals surface area (Å²) >= 11 is 7.04. The first-order valence-corrected chi connectivity index (χ1v) is 11.2. The van der Waals surface area contributed by atoms with Crippen molar-refractivity contribution in [3.63, 3.8) is 0 Å². The maximum atomic E-state index is 12.6. The fraction of sp³-hybridized carbons (Fsp3) is 0.217. The molecule has 7 nitrogen and oxygen atoms in total. The molecule has 2 N–H and O–H groups in total. The zero-order chi connectivity index (χ0) is 23.1. The Morgan fingerprint density at radius 1 is 1.19 bits per heavy atom. The molecule has 0 saturated carbocycles. The topological polar surface area (TPSA) is 86.2 Å². The lowest BCUT2D eigenvalue weighted by Gasteiger charge is -2.21. The van der Waals surface area contributed by atoms with Crippen molar-refractivity contribution >= 4 is 63.5 Å². The highest BCUT2D eigenvalue weighted by atomic mass is 35.5. The van der Waals surface area contributed by atoms with Crippen molar-refractivity contribution in [1.29, 1.82) is 0 Å². The summed E-state index contributed by atoms with van der Waals surface area (Å²) in [4.78, 5) is 26.6. The van der Waals surface area contributed by atoms with Crippen molar-refractivity contribution in [1.82, 2.24) is 5.32 Å². The maximum Gasteiger partial charge on any atom is 0.238 e. The lowest BCUT2D eigenvalue weighted by atomic mass is 10.2. The Bertz CT molecular complexity index is 1060. The van der Waals surface area contributed by atoms with E-state index in [9.17, 15) is 9.59 Å². The van der Waals surface area contributed by atoms with E-state index < -0.39 is 5.25 Å². The van der Waals surface area contributed by atoms with E-state index in [0.717, 1.165) is 11.3 Å². The van der Waals surface area contributed by atoms with Gasteiger partial charge in [-0.2, -0.15) is 5.10 Å². The summed E-state index contributed by atoms with van der Waals surface area (Å²) in [7, 11) is 3.99. The first kappa shape index (κ1) is 23.6. The van der Waals surface area contributed by atoms with Gasteiger partial charge in [0.25, 0.3) is 0 Å². The Morgan fingerprint density at radius 2 is 1.88 bits per heavy atom. The second kappa shape index (κ2) is 11.0. The first-order valence-electron chi connectivity index (χ1n) is 9.91. The third-order valence-electron chi connectivity index (χ3n) is 4.50. The molecule has 32 heavy (non-hydrogen) atoms. The summed E-state index contributed by atoms with van der Waals surface area (Å²) < 4.78 is 0. The number of thioether (sulfide) groups is 1. The van der Waals surface area contributed by atoms with Gasteiger partial charge in [0.2, 0.25) is 11.8 Å². The molecule has 1 saturated heterocycles. The van der Waals surface area contributed by atoms with Crippen molar-refractivity contribution in [2.45, 2.75) is 18.6 Å². The molecule has 0 aromatic heterocycles. The number of carbonyl (C=O) groups excluding carboxylic acids is 2. The minimum atomic E-state index is -0.598. The van der Waals surface area contributed by atoms with Gasteiger partial charge in [-0.25, -0.2) is 0 Å². The number of allylic oxidation sites excluding steroid dienone is 1. The number of rotatable bonds is 6. The standard InChI is InChI=1S/C23H24ClN5O2S/c1-15(4-5-16-6-12-19(13-7-16)29(2)3)27-28-23-26-21(30)14-20(32-23)22(31)25-18-10-8-17(24)9-11-18/h4-13,20H,14H2,1-3H3,(H,25,31)(H,26,28,30)/b5-4+,27-15?. The Morgan fingerprint density at radius 3 is 2.53 bits per heavy atom. The van der Waals surface area contributed by atoms with Crippen LogP contribution in [0.3, 0.4) is 0 Å². The van der Waals surface area contributed by atoms with Gasteiger partial charge in [-0.3, -0.25) is 9.59 Å². The van der Waals surface area contributed by atoms with Crippen LogP contribution in [0.4, 0.5) is 11.4 Å². The Labute approximate surface area is 196 Å². The van der Waals surface area contributed by atoms with Crippen LogP contribution in [0.25, 0.3) is 6.08 Å². The van der Waals surface area contributed by atoms with Crippen LogP contribution in [0.5, 0.6) is 0 Å². The minimum absolute atomic E-state index is 0.0641. The molecule has 9 heteroatoms. The van der Waals surface area contributed by atoms with Crippen LogP contribution >= 0.6 is 23.4 Å². The van der Waals surface area contributed by atoms with Crippen molar-refractivity contribution in [2.75, 3.05) is 24.3 Å². The number of halogens is 1. The molecule has 0 spiro atoms. The monoisotopic (exact) mass is 469 g/mol. The lowest BCUT2D eigenvalue weighted by molar-refractivity contribution is -0.123. The van der Waals surface area contributed by atoms with Gasteiger partial charge in [-0.1, -0.05) is 41.6 Å². The molecule has 1 aliphatic heterocycles. The van der Waals surface area contributed by atoms with E-state index in [1.54, 1.807) is 24.3 Å². The van der Waals surface area contributed by atoms with Gasteiger partial charge in [-0.05, 0) is 55.0 Å². The Kier molecular flexibility index (Phi) is 8.08. The van der Waals surface area contributed by atoms with Crippen LogP contribution < -0.4 is 15.5 Å². The van der Waals surface area contributed by atoms with Gasteiger partial charge in [0.15, 0.2) is 5.17 Å². The van der Waals surface area contributed by atoms with Crippen LogP contribution in [-0.4, -0.2) is 42.0 Å². The van der Waals surface area contributed by atoms with Gasteiger partial charge >= 0.3 is 0 Å². The van der Waals surface area contributed by atoms with Gasteiger partial charge < -0.3 is 15.5 Å². The lowest BCUT2D eigenvalue weighted by Crippen LogP contribution is -2.41. The minimum Gasteiger partial charge on any atom is -0.378 e. The van der Waals surface area contributed by atoms with E-state index in [1.807, 2.05) is 62.3 Å². The third-order valence-corrected chi connectivity index (χ3v) is 5.82. The predicted octanol–water partition coefficient (Wildman–Crippen LogP) is 4.41. The van der Waals surface area contributed by atoms with E-state index in [1.165, 1.54) is 11.8 Å². The SMILES string of the molecule is CC(/C=C/c1ccc(N(C)C)cc1)=NN=C1NC(=O)CC(C(=O)Nc2ccc(Cl)cc2)S1. The largest absolute Gasteiger partial charge is 0.378 e. The van der Waals surface area contributed by atoms with E-state index in [4.69, 9.17) is 11.6 Å². The van der Waals surface area contributed by atoms with Gasteiger partial charge in [0, 0.05) is 36.9 Å². The molecule has 1 heterocycles. The Hall–Kier alpha value is -3.10. The van der Waals surface area contributed by atoms with E-state index in [2.05, 4.69) is 20.8 Å². The number of carbonyl (C=O) groups is 2. The highest BCUT2D eigenvalue weighted by Crippen LogP contribution is 2.23. The van der Waals surface area contributed by atoms with Gasteiger partial charge in [0.05, 0.1) is 5.71 Å². The smallest absolute Gasteiger partial charge is 0.238 e. The molecule has 2 aromatic carbocycles. The fourth-order valence-corrected chi connectivity index (χ4v) is 3.81. The second-order valence-electron chi connectivity index (χ2n) is 7.32. The summed E-state index contributed by atoms with van der Waals surface area (Å²) in [6.07, 6.45) is 3.84. The van der Waals surface area contributed by atoms with Crippen LogP contribution in [0.1, 0.15) is 18.9 Å². The number of hydrogen-bond donors (Lipinski definition) is 2. The summed E-state index contributed by atoms with van der Waals surface area (Å²) in [5, 5.41) is 14.0. The molecule has 3 rings (SSSR count). The number of nitrogens with one attached hydrogen (secondary N) is 2. The second-order valence-corrected chi connectivity index (χ2v) is 8.95. The van der Waals surface area contributed by atoms with Crippen molar-refractivity contribution < 1.29 is 9.59 Å². The molecule has 0 aliphatic carbocycles. The van der Waals surface area contributed by atoms with Crippen LogP contribution in [0.2, 0.25) is 5.02 Å². The summed E-state index contributed by atoms with van der Waals surface area (Å²) in [5.74, 6) is -0.551. The van der Waals surface area contributed by atoms with Crippen LogP contribution in [-0.2, 0) is 9.59 Å². The number of benzene rings is 2. The summed E-state index contributed by atoms with van der Waals surface area (Å²) in [6.45, 7) is 1.81. The Balaban J connectivity index is 1.62. The molecule has 0 radical (unpaired) electrons. The molecule has 1 aliphatic rings. The molecule has 1 fully saturated rings. The van der Waals surface area contributed by atoms with Gasteiger partial charge in [-0.15, -0.1) is 5.10 Å². The molecule has 1 atom stereocenters. The van der Waals surface area contributed by atoms with Crippen molar-refractivity contribution in [3.05, 3.63) is 65.2 Å². The quantitative estimate of drug-likeness (QED) is 0.484. The van der Waals surface area contributed by atoms with E-state index in [0.29, 0.717) is 21.6 Å². The molecule has 166 valence electrons. The third kappa shape index (κ3) is 6.96. The average Bonchev–Trinajstić information content (AvgIpc) is 2.77. The summed E-state index contributed by atoms with van der Waals surface area (Å²) in [5.41, 5.74) is 3.44. The predicted molar refractivity (Wildman–Crippen MR) is 135 cm³/mol. The molecule has 1 unspecified atom stereocenters. The number of hydrogen-bond acceptors (Lipinski definition) is 6. The summed E-state index contributed by atoms with van der Waals surface area (Å²) in [6, 6.07) is 14.9. The van der Waals surface area contributed by atoms with Crippen molar-refractivity contribution in [2.24, 2.45) is 10.2 Å². The molecular weight excluding hydrogens is 446 g/mol. The number of amides is 2. The molecule has 0 bridgehead atoms. The highest BCUT2D eigenvalue weighted by molar-refractivity contribution is 8.15. The average molecular weight is 470 g/mol. The maximum absolute atomic E-state index is 12.6. The van der Waals surface area contributed by atoms with E-state index >= 15 is 0 Å². The molecular formula is C23H24ClN5O2S. The number of nitrogens with zero attached hydrogens (tertiary/aromatic N) is 3. The molecule has 2 amide bonds. The van der Waals surface area contributed by atoms with E-state index in [-0.39, 0.29) is 18.2 Å². The number of amidine groups is 1. The van der Waals surface area contributed by atoms with Crippen LogP contribution in [0, 0.1) is 0 Å². The zero-order valence-electron chi connectivity index (χ0n) is 18.0. The van der Waals surface area contributed by atoms with Gasteiger partial charge in [0.1, 0.15) is 5.25 Å². The van der Waals surface area contributed by atoms with Crippen LogP contribution in [0.15, 0.2) is 64.8 Å². The number of anilines is 2. The highest BCUT2D eigenvalue weighted by Gasteiger charge is 2.30. The molecule has 2 aromatic rings. The first-order chi connectivity index (χ1) is 15.3. The zero-order valence-corrected chi connectivity index (χ0v) is 19.6. The normalized spacial score (nSPS) is 18.0. The fourth-order valence-electron chi connectivity index (χ4n) is 2.75. The van der Waals surface area contributed by atoms with Crippen molar-refractivity contribution in [3.8, 4) is 0 Å².